The summed E-state index contributed by atoms with van der Waals surface area (Å²) in [5.74, 6) is -3.31. The summed E-state index contributed by atoms with van der Waals surface area (Å²) in [7, 11) is 0. The number of carbonyl (C=O) groups excluding carboxylic acids is 5. The molecule has 1 saturated heterocycles. The van der Waals surface area contributed by atoms with Crippen molar-refractivity contribution in [1.82, 2.24) is 25.8 Å². The number of ether oxygens (including phenoxy) is 1. The van der Waals surface area contributed by atoms with Crippen LogP contribution in [0.1, 0.15) is 44.7 Å². The van der Waals surface area contributed by atoms with Gasteiger partial charge in [0.25, 0.3) is 11.8 Å². The van der Waals surface area contributed by atoms with Crippen LogP contribution in [0.3, 0.4) is 0 Å². The number of carbonyl (C=O) groups is 6. The van der Waals surface area contributed by atoms with E-state index in [0.29, 0.717) is 29.5 Å². The number of alkyl carbamates (subject to hydrolysis) is 1. The standard InChI is InChI=1S/C29H34N8O8/c30-17-45-29(44)35-14-18-3-5-20(6-4-18)27(42)34-15-23(38)37-13-12-36(16-24(39)40)28(43)22(37)2-1-11-33-26(41)21-9-7-19(8-10-21)25(31)32/h3-10,17,22,30H,1-2,11-16H2,(H3,31,32)(H,33,41)(H,34,42)(H,35,44)(H,39,40). The Labute approximate surface area is 257 Å². The van der Waals surface area contributed by atoms with E-state index >= 15 is 0 Å². The molecule has 0 aromatic heterocycles. The zero-order valence-electron chi connectivity index (χ0n) is 24.2. The summed E-state index contributed by atoms with van der Waals surface area (Å²) in [5, 5.41) is 31.1. The van der Waals surface area contributed by atoms with Gasteiger partial charge < -0.3 is 41.3 Å². The first-order valence-electron chi connectivity index (χ1n) is 13.8. The number of nitrogens with zero attached hydrogens (tertiary/aromatic N) is 2. The van der Waals surface area contributed by atoms with Crippen LogP contribution in [0.25, 0.3) is 0 Å². The topological polar surface area (TPSA) is 248 Å². The highest BCUT2D eigenvalue weighted by Gasteiger charge is 2.37. The van der Waals surface area contributed by atoms with Crippen molar-refractivity contribution >= 4 is 47.9 Å². The maximum absolute atomic E-state index is 13.2. The van der Waals surface area contributed by atoms with E-state index in [2.05, 4.69) is 20.7 Å². The Balaban J connectivity index is 1.56. The number of aliphatic carboxylic acids is 1. The molecule has 45 heavy (non-hydrogen) atoms. The van der Waals surface area contributed by atoms with Crippen molar-refractivity contribution in [2.75, 3.05) is 32.7 Å². The zero-order valence-corrected chi connectivity index (χ0v) is 24.2. The molecule has 1 atom stereocenters. The number of nitrogens with one attached hydrogen (secondary N) is 5. The Bertz CT molecular complexity index is 1450. The average molecular weight is 623 g/mol. The second-order valence-corrected chi connectivity index (χ2v) is 9.90. The lowest BCUT2D eigenvalue weighted by Gasteiger charge is -2.40. The SMILES string of the molecule is N=COC(=O)NCc1ccc(C(=O)NCC(=O)N2CCN(CC(=O)O)C(=O)C2CCCNC(=O)c2ccc(C(=N)N)cc2)cc1. The summed E-state index contributed by atoms with van der Waals surface area (Å²) in [5.41, 5.74) is 7.16. The molecule has 2 aromatic carbocycles. The highest BCUT2D eigenvalue weighted by Crippen LogP contribution is 2.17. The van der Waals surface area contributed by atoms with E-state index < -0.39 is 48.9 Å². The van der Waals surface area contributed by atoms with Crippen molar-refractivity contribution in [2.45, 2.75) is 25.4 Å². The van der Waals surface area contributed by atoms with Gasteiger partial charge in [0.2, 0.25) is 11.8 Å². The molecular weight excluding hydrogens is 588 g/mol. The third-order valence-corrected chi connectivity index (χ3v) is 6.85. The van der Waals surface area contributed by atoms with Gasteiger partial charge in [-0.2, -0.15) is 0 Å². The molecule has 0 bridgehead atoms. The predicted octanol–water partition coefficient (Wildman–Crippen LogP) is -0.132. The fourth-order valence-electron chi connectivity index (χ4n) is 4.54. The third kappa shape index (κ3) is 9.87. The van der Waals surface area contributed by atoms with E-state index in [1.807, 2.05) is 0 Å². The number of hydrogen-bond donors (Lipinski definition) is 7. The molecule has 1 aliphatic heterocycles. The highest BCUT2D eigenvalue weighted by molar-refractivity contribution is 5.99. The maximum atomic E-state index is 13.2. The van der Waals surface area contributed by atoms with Crippen molar-refractivity contribution in [3.8, 4) is 0 Å². The first kappa shape index (κ1) is 33.7. The van der Waals surface area contributed by atoms with Crippen molar-refractivity contribution in [3.05, 3.63) is 70.8 Å². The van der Waals surface area contributed by atoms with Crippen molar-refractivity contribution in [3.63, 3.8) is 0 Å². The number of nitrogens with two attached hydrogens (primary N) is 1. The molecular formula is C29H34N8O8. The number of rotatable bonds is 14. The van der Waals surface area contributed by atoms with Gasteiger partial charge in [0.05, 0.1) is 6.54 Å². The van der Waals surface area contributed by atoms with Crippen molar-refractivity contribution in [1.29, 1.82) is 10.8 Å². The van der Waals surface area contributed by atoms with Crippen LogP contribution in [-0.4, -0.2) is 102 Å². The lowest BCUT2D eigenvalue weighted by molar-refractivity contribution is -0.155. The van der Waals surface area contributed by atoms with Crippen LogP contribution in [0.2, 0.25) is 0 Å². The normalized spacial score (nSPS) is 14.2. The molecule has 1 heterocycles. The average Bonchev–Trinajstić information content (AvgIpc) is 3.02. The van der Waals surface area contributed by atoms with E-state index in [1.165, 1.54) is 29.2 Å². The molecule has 1 fully saturated rings. The number of nitrogen functional groups attached to an aromatic ring is 1. The minimum atomic E-state index is -1.19. The van der Waals surface area contributed by atoms with E-state index in [4.69, 9.17) is 16.6 Å². The third-order valence-electron chi connectivity index (χ3n) is 6.85. The van der Waals surface area contributed by atoms with Crippen LogP contribution in [0.15, 0.2) is 48.5 Å². The molecule has 5 amide bonds. The van der Waals surface area contributed by atoms with Crippen LogP contribution < -0.4 is 21.7 Å². The van der Waals surface area contributed by atoms with E-state index in [-0.39, 0.29) is 49.9 Å². The van der Waals surface area contributed by atoms with E-state index in [9.17, 15) is 33.9 Å². The molecule has 16 nitrogen and oxygen atoms in total. The quantitative estimate of drug-likeness (QED) is 0.0841. The number of carboxylic acids is 1. The summed E-state index contributed by atoms with van der Waals surface area (Å²) >= 11 is 0. The second kappa shape index (κ2) is 16.2. The van der Waals surface area contributed by atoms with Gasteiger partial charge in [-0.3, -0.25) is 34.8 Å². The highest BCUT2D eigenvalue weighted by atomic mass is 16.5. The maximum Gasteiger partial charge on any atom is 0.413 e. The molecule has 238 valence electrons. The Morgan fingerprint density at radius 2 is 1.53 bits per heavy atom. The van der Waals surface area contributed by atoms with Gasteiger partial charge in [-0.1, -0.05) is 24.3 Å². The first-order valence-corrected chi connectivity index (χ1v) is 13.8. The van der Waals surface area contributed by atoms with Gasteiger partial charge in [0.1, 0.15) is 18.4 Å². The number of hydrogen-bond acceptors (Lipinski definition) is 9. The van der Waals surface area contributed by atoms with Crippen LogP contribution in [0, 0.1) is 10.8 Å². The lowest BCUT2D eigenvalue weighted by atomic mass is 10.0. The van der Waals surface area contributed by atoms with Gasteiger partial charge in [-0.15, -0.1) is 0 Å². The number of piperazine rings is 1. The summed E-state index contributed by atoms with van der Waals surface area (Å²) in [4.78, 5) is 76.5. The minimum absolute atomic E-state index is 0.0111. The summed E-state index contributed by atoms with van der Waals surface area (Å²) in [6.45, 7) is -0.575. The van der Waals surface area contributed by atoms with Crippen molar-refractivity contribution < 1.29 is 38.6 Å². The van der Waals surface area contributed by atoms with Crippen LogP contribution in [0.4, 0.5) is 4.79 Å². The molecule has 0 saturated carbocycles. The Kier molecular flexibility index (Phi) is 12.1. The molecule has 0 radical (unpaired) electrons. The number of carboxylic acid groups (broad SMARTS) is 1. The molecule has 8 N–H and O–H groups in total. The monoisotopic (exact) mass is 622 g/mol. The smallest absolute Gasteiger partial charge is 0.413 e. The van der Waals surface area contributed by atoms with Gasteiger partial charge in [-0.25, -0.2) is 4.79 Å². The van der Waals surface area contributed by atoms with Crippen LogP contribution in [-0.2, 0) is 25.7 Å². The lowest BCUT2D eigenvalue weighted by Crippen LogP contribution is -2.60. The van der Waals surface area contributed by atoms with E-state index in [0.717, 1.165) is 4.90 Å². The van der Waals surface area contributed by atoms with Gasteiger partial charge in [0, 0.05) is 42.9 Å². The minimum Gasteiger partial charge on any atom is -0.480 e. The molecule has 1 aliphatic rings. The molecule has 3 rings (SSSR count). The largest absolute Gasteiger partial charge is 0.480 e. The molecule has 2 aromatic rings. The van der Waals surface area contributed by atoms with Gasteiger partial charge >= 0.3 is 12.1 Å². The molecule has 0 aliphatic carbocycles. The molecule has 0 spiro atoms. The first-order chi connectivity index (χ1) is 21.5. The Morgan fingerprint density at radius 3 is 2.13 bits per heavy atom. The summed E-state index contributed by atoms with van der Waals surface area (Å²) in [6, 6.07) is 11.4. The van der Waals surface area contributed by atoms with Crippen LogP contribution in [0.5, 0.6) is 0 Å². The molecule has 1 unspecified atom stereocenters. The fourth-order valence-corrected chi connectivity index (χ4v) is 4.54. The predicted molar refractivity (Wildman–Crippen MR) is 160 cm³/mol. The number of amidine groups is 1. The summed E-state index contributed by atoms with van der Waals surface area (Å²) in [6.07, 6.45) is 0.137. The summed E-state index contributed by atoms with van der Waals surface area (Å²) < 4.78 is 4.35. The fraction of sp³-hybridized carbons (Fsp3) is 0.310. The number of benzene rings is 2. The Morgan fingerprint density at radius 1 is 0.933 bits per heavy atom. The van der Waals surface area contributed by atoms with Gasteiger partial charge in [-0.05, 0) is 42.7 Å². The molecule has 16 heteroatoms. The van der Waals surface area contributed by atoms with Gasteiger partial charge in [0.15, 0.2) is 6.40 Å². The zero-order chi connectivity index (χ0) is 32.9. The Hall–Kier alpha value is -5.80. The number of amides is 5. The second-order valence-electron chi connectivity index (χ2n) is 9.90. The van der Waals surface area contributed by atoms with E-state index in [1.54, 1.807) is 24.3 Å². The van der Waals surface area contributed by atoms with Crippen LogP contribution >= 0.6 is 0 Å². The van der Waals surface area contributed by atoms with Crippen molar-refractivity contribution in [2.24, 2.45) is 5.73 Å².